The maximum Gasteiger partial charge on any atom is 0.501 e. The molecule has 0 rings (SSSR count). The minimum Gasteiger partial charge on any atom is -0.373 e. The molecule has 0 amide bonds. The predicted molar refractivity (Wildman–Crippen MR) is 320 cm³/mol. The van der Waals surface area contributed by atoms with Crippen LogP contribution in [0, 0.1) is 5.92 Å². The summed E-state index contributed by atoms with van der Waals surface area (Å²) in [6.07, 6.45) is 61.7. The molecule has 0 N–H and O–H groups in total. The summed E-state index contributed by atoms with van der Waals surface area (Å²) in [6.45, 7) is 23.0. The van der Waals surface area contributed by atoms with E-state index < -0.39 is 8.80 Å². The van der Waals surface area contributed by atoms with Crippen LogP contribution in [0.5, 0.6) is 0 Å². The third-order valence-corrected chi connectivity index (χ3v) is 18.7. The van der Waals surface area contributed by atoms with Gasteiger partial charge in [0.2, 0.25) is 0 Å². The summed E-state index contributed by atoms with van der Waals surface area (Å²) in [5.41, 5.74) is 0. The first-order valence-electron chi connectivity index (χ1n) is 32.5. The van der Waals surface area contributed by atoms with Gasteiger partial charge in [0.1, 0.15) is 0 Å². The second-order valence-corrected chi connectivity index (χ2v) is 25.5. The van der Waals surface area contributed by atoms with Crippen molar-refractivity contribution in [1.82, 2.24) is 9.80 Å². The SMILES string of the molecule is CCCCCCCCCCCCN(CCCCCCCCCCCC)CCO[Si](CCCS)(OCCN(CCCCCCCCCCCC)CCCCCCCCCCCC)OCC(CC)CCCC. The van der Waals surface area contributed by atoms with Crippen LogP contribution in [0.25, 0.3) is 0 Å². The van der Waals surface area contributed by atoms with E-state index in [4.69, 9.17) is 25.9 Å². The van der Waals surface area contributed by atoms with Crippen molar-refractivity contribution < 1.29 is 13.3 Å². The summed E-state index contributed by atoms with van der Waals surface area (Å²) >= 11 is 4.74. The molecule has 0 radical (unpaired) electrons. The molecule has 0 heterocycles. The average molecular weight is 1030 g/mol. The van der Waals surface area contributed by atoms with Crippen molar-refractivity contribution in [2.24, 2.45) is 5.92 Å². The lowest BCUT2D eigenvalue weighted by atomic mass is 10.0. The number of thiol groups is 1. The molecule has 0 aliphatic rings. The molecule has 5 nitrogen and oxygen atoms in total. The lowest BCUT2D eigenvalue weighted by Gasteiger charge is -2.33. The van der Waals surface area contributed by atoms with Crippen molar-refractivity contribution in [1.29, 1.82) is 0 Å². The first-order valence-corrected chi connectivity index (χ1v) is 35.1. The molecule has 7 heteroatoms. The Balaban J connectivity index is 5.75. The van der Waals surface area contributed by atoms with Gasteiger partial charge in [-0.2, -0.15) is 12.6 Å². The van der Waals surface area contributed by atoms with Crippen LogP contribution in [0.4, 0.5) is 0 Å². The van der Waals surface area contributed by atoms with Crippen LogP contribution < -0.4 is 0 Å². The van der Waals surface area contributed by atoms with Gasteiger partial charge >= 0.3 is 8.80 Å². The van der Waals surface area contributed by atoms with E-state index in [1.54, 1.807) is 0 Å². The molecule has 0 aliphatic carbocycles. The Hall–Kier alpha value is 0.367. The highest BCUT2D eigenvalue weighted by molar-refractivity contribution is 7.80. The molecule has 1 atom stereocenters. The van der Waals surface area contributed by atoms with Crippen molar-refractivity contribution in [3.63, 3.8) is 0 Å². The zero-order valence-electron chi connectivity index (χ0n) is 49.2. The fourth-order valence-corrected chi connectivity index (χ4v) is 13.4. The maximum absolute atomic E-state index is 7.18. The fourth-order valence-electron chi connectivity index (χ4n) is 10.4. The van der Waals surface area contributed by atoms with Gasteiger partial charge in [0.05, 0.1) is 13.2 Å². The monoisotopic (exact) mass is 1020 g/mol. The summed E-state index contributed by atoms with van der Waals surface area (Å²) < 4.78 is 21.5. The minimum atomic E-state index is -2.93. The normalized spacial score (nSPS) is 12.6. The number of unbranched alkanes of at least 4 members (excludes halogenated alkanes) is 37. The molecule has 0 spiro atoms. The van der Waals surface area contributed by atoms with Crippen LogP contribution in [-0.2, 0) is 13.3 Å². The first kappa shape index (κ1) is 70.4. The van der Waals surface area contributed by atoms with Crippen LogP contribution >= 0.6 is 12.6 Å². The van der Waals surface area contributed by atoms with Crippen molar-refractivity contribution in [3.8, 4) is 0 Å². The Morgan fingerprint density at radius 1 is 0.314 bits per heavy atom. The van der Waals surface area contributed by atoms with Gasteiger partial charge in [-0.1, -0.05) is 292 Å². The summed E-state index contributed by atoms with van der Waals surface area (Å²) in [5, 5.41) is 0. The molecule has 0 saturated carbocycles. The standard InChI is InChI=1S/C63H132N2O3SSi/c1-7-13-18-22-26-30-34-38-42-46-52-64(53-47-43-39-35-31-27-23-19-14-8-2)56-58-66-70(61-50-60-69,68-62-63(12-6)51-17-11-5)67-59-57-65(54-48-44-40-36-32-28-24-20-15-9-3)55-49-45-41-37-33-29-25-21-16-10-4/h63,69H,7-62H2,1-6H3. The number of hydrogen-bond acceptors (Lipinski definition) is 6. The van der Waals surface area contributed by atoms with E-state index in [1.165, 1.54) is 302 Å². The molecule has 0 bridgehead atoms. The van der Waals surface area contributed by atoms with Crippen LogP contribution in [0.1, 0.15) is 330 Å². The lowest BCUT2D eigenvalue weighted by Crippen LogP contribution is -2.49. The molecular weight excluding hydrogens is 893 g/mol. The molecule has 0 saturated heterocycles. The molecule has 422 valence electrons. The van der Waals surface area contributed by atoms with Gasteiger partial charge in [-0.25, -0.2) is 0 Å². The highest BCUT2D eigenvalue weighted by Gasteiger charge is 2.41. The molecule has 1 unspecified atom stereocenters. The number of rotatable bonds is 62. The molecule has 0 aromatic heterocycles. The quantitative estimate of drug-likeness (QED) is 0.0373. The lowest BCUT2D eigenvalue weighted by molar-refractivity contribution is 0.0333. The van der Waals surface area contributed by atoms with Gasteiger partial charge in [0, 0.05) is 25.7 Å². The number of hydrogen-bond donors (Lipinski definition) is 1. The zero-order chi connectivity index (χ0) is 51.0. The average Bonchev–Trinajstić information content (AvgIpc) is 3.37. The van der Waals surface area contributed by atoms with E-state index in [1.807, 2.05) is 0 Å². The van der Waals surface area contributed by atoms with Crippen LogP contribution in [0.2, 0.25) is 6.04 Å². The van der Waals surface area contributed by atoms with E-state index in [0.29, 0.717) is 5.92 Å². The summed E-state index contributed by atoms with van der Waals surface area (Å²) in [5.74, 6) is 1.42. The first-order chi connectivity index (χ1) is 34.5. The van der Waals surface area contributed by atoms with Gasteiger partial charge in [-0.15, -0.1) is 0 Å². The highest BCUT2D eigenvalue weighted by atomic mass is 32.1. The van der Waals surface area contributed by atoms with Crippen molar-refractivity contribution >= 4 is 21.4 Å². The van der Waals surface area contributed by atoms with E-state index in [9.17, 15) is 0 Å². The summed E-state index contributed by atoms with van der Waals surface area (Å²) in [6, 6.07) is 0.883. The van der Waals surface area contributed by atoms with Gasteiger partial charge in [-0.05, 0) is 76.4 Å². The Bertz CT molecular complexity index is 857. The van der Waals surface area contributed by atoms with Crippen LogP contribution in [0.15, 0.2) is 0 Å². The third-order valence-electron chi connectivity index (χ3n) is 15.5. The van der Waals surface area contributed by atoms with Crippen molar-refractivity contribution in [2.45, 2.75) is 337 Å². The Morgan fingerprint density at radius 3 is 0.843 bits per heavy atom. The van der Waals surface area contributed by atoms with E-state index in [-0.39, 0.29) is 0 Å². The summed E-state index contributed by atoms with van der Waals surface area (Å²) in [4.78, 5) is 5.51. The molecule has 70 heavy (non-hydrogen) atoms. The second kappa shape index (κ2) is 58.6. The van der Waals surface area contributed by atoms with E-state index in [2.05, 4.69) is 51.3 Å². The zero-order valence-corrected chi connectivity index (χ0v) is 51.1. The molecule has 0 aliphatic heterocycles. The van der Waals surface area contributed by atoms with Gasteiger partial charge in [0.25, 0.3) is 0 Å². The topological polar surface area (TPSA) is 34.2 Å². The summed E-state index contributed by atoms with van der Waals surface area (Å²) in [7, 11) is -2.93. The molecule has 0 fully saturated rings. The van der Waals surface area contributed by atoms with Crippen molar-refractivity contribution in [3.05, 3.63) is 0 Å². The minimum absolute atomic E-state index is 0.573. The predicted octanol–water partition coefficient (Wildman–Crippen LogP) is 20.8. The van der Waals surface area contributed by atoms with Gasteiger partial charge in [0.15, 0.2) is 0 Å². The van der Waals surface area contributed by atoms with Crippen molar-refractivity contribution in [2.75, 3.05) is 64.8 Å². The van der Waals surface area contributed by atoms with Gasteiger partial charge < -0.3 is 23.1 Å². The third kappa shape index (κ3) is 49.3. The van der Waals surface area contributed by atoms with Crippen LogP contribution in [-0.4, -0.2) is 83.4 Å². The maximum atomic E-state index is 7.18. The molecule has 0 aromatic rings. The Kier molecular flexibility index (Phi) is 58.9. The van der Waals surface area contributed by atoms with E-state index >= 15 is 0 Å². The molecular formula is C63H132N2O3SSi. The van der Waals surface area contributed by atoms with E-state index in [0.717, 1.165) is 57.5 Å². The second-order valence-electron chi connectivity index (χ2n) is 22.3. The fraction of sp³-hybridized carbons (Fsp3) is 1.00. The Labute approximate surface area is 449 Å². The highest BCUT2D eigenvalue weighted by Crippen LogP contribution is 2.24. The van der Waals surface area contributed by atoms with Crippen LogP contribution in [0.3, 0.4) is 0 Å². The van der Waals surface area contributed by atoms with Gasteiger partial charge in [-0.3, -0.25) is 0 Å². The smallest absolute Gasteiger partial charge is 0.373 e. The largest absolute Gasteiger partial charge is 0.501 e. The Morgan fingerprint density at radius 2 is 0.586 bits per heavy atom. The number of nitrogens with zero attached hydrogens (tertiary/aromatic N) is 2. The molecule has 0 aromatic carbocycles.